The number of fused-ring (bicyclic) bond motifs is 1. The van der Waals surface area contributed by atoms with Gasteiger partial charge < -0.3 is 0 Å². The van der Waals surface area contributed by atoms with Crippen molar-refractivity contribution in [2.45, 2.75) is 19.3 Å². The van der Waals surface area contributed by atoms with E-state index in [2.05, 4.69) is 0 Å². The molecule has 0 bridgehead atoms. The number of carbonyl (C=O) groups is 1. The van der Waals surface area contributed by atoms with Crippen LogP contribution in [0.3, 0.4) is 0 Å². The van der Waals surface area contributed by atoms with Crippen LogP contribution in [0.4, 0.5) is 0 Å². The van der Waals surface area contributed by atoms with Crippen LogP contribution in [0.25, 0.3) is 16.9 Å². The highest BCUT2D eigenvalue weighted by atomic mass is 35.5. The monoisotopic (exact) mass is 322 g/mol. The minimum absolute atomic E-state index is 0.179. The van der Waals surface area contributed by atoms with Gasteiger partial charge in [-0.25, -0.2) is 4.68 Å². The first kappa shape index (κ1) is 14.2. The number of hydrogen-bond acceptors (Lipinski definition) is 2. The van der Waals surface area contributed by atoms with Crippen molar-refractivity contribution in [1.82, 2.24) is 9.78 Å². The highest BCUT2D eigenvalue weighted by molar-refractivity contribution is 6.30. The Morgan fingerprint density at radius 2 is 1.70 bits per heavy atom. The molecule has 1 aromatic heterocycles. The zero-order valence-corrected chi connectivity index (χ0v) is 13.3. The summed E-state index contributed by atoms with van der Waals surface area (Å²) in [4.78, 5) is 12.5. The fourth-order valence-corrected chi connectivity index (χ4v) is 3.23. The van der Waals surface area contributed by atoms with Crippen LogP contribution in [-0.2, 0) is 6.42 Å². The van der Waals surface area contributed by atoms with Gasteiger partial charge in [0.1, 0.15) is 0 Å². The Kier molecular flexibility index (Phi) is 3.50. The average Bonchev–Trinajstić information content (AvgIpc) is 2.97. The van der Waals surface area contributed by atoms with Crippen molar-refractivity contribution in [3.8, 4) is 16.9 Å². The molecule has 4 rings (SSSR count). The molecule has 0 atom stereocenters. The van der Waals surface area contributed by atoms with Crippen molar-refractivity contribution >= 4 is 17.4 Å². The molecule has 0 amide bonds. The number of Topliss-reactive ketones (excluding diaryl/α,β-unsaturated/α-hetero) is 1. The van der Waals surface area contributed by atoms with Gasteiger partial charge in [0, 0.05) is 17.0 Å². The molecule has 3 nitrogen and oxygen atoms in total. The number of rotatable bonds is 2. The lowest BCUT2D eigenvalue weighted by atomic mass is 9.92. The van der Waals surface area contributed by atoms with Gasteiger partial charge >= 0.3 is 0 Å². The first-order valence-corrected chi connectivity index (χ1v) is 8.08. The van der Waals surface area contributed by atoms with Gasteiger partial charge in [-0.15, -0.1) is 0 Å². The number of aromatic nitrogens is 2. The molecule has 4 heteroatoms. The Bertz CT molecular complexity index is 866. The standard InChI is InChI=1S/C19H15ClN2O/c20-14-11-9-13(10-12-14)19-18-16(7-4-8-17(18)23)21-22(19)15-5-2-1-3-6-15/h1-3,5-6,9-12H,4,7-8H2. The van der Waals surface area contributed by atoms with Crippen LogP contribution >= 0.6 is 11.6 Å². The van der Waals surface area contributed by atoms with Gasteiger partial charge in [0.05, 0.1) is 22.6 Å². The van der Waals surface area contributed by atoms with Crippen molar-refractivity contribution in [3.05, 3.63) is 70.9 Å². The van der Waals surface area contributed by atoms with E-state index in [1.54, 1.807) is 0 Å². The molecule has 0 unspecified atom stereocenters. The Morgan fingerprint density at radius 1 is 0.957 bits per heavy atom. The van der Waals surface area contributed by atoms with Crippen LogP contribution < -0.4 is 0 Å². The third-order valence-electron chi connectivity index (χ3n) is 4.17. The largest absolute Gasteiger partial charge is 0.294 e. The van der Waals surface area contributed by atoms with Gasteiger partial charge in [-0.2, -0.15) is 5.10 Å². The molecule has 0 radical (unpaired) electrons. The number of ketones is 1. The molecule has 1 aliphatic carbocycles. The Labute approximate surface area is 139 Å². The normalized spacial score (nSPS) is 13.9. The molecule has 23 heavy (non-hydrogen) atoms. The molecule has 3 aromatic rings. The highest BCUT2D eigenvalue weighted by Gasteiger charge is 2.28. The maximum atomic E-state index is 12.5. The lowest BCUT2D eigenvalue weighted by Crippen LogP contribution is -2.10. The van der Waals surface area contributed by atoms with Crippen LogP contribution in [0, 0.1) is 0 Å². The summed E-state index contributed by atoms with van der Waals surface area (Å²) in [5, 5.41) is 5.41. The first-order valence-electron chi connectivity index (χ1n) is 7.70. The first-order chi connectivity index (χ1) is 11.2. The van der Waals surface area contributed by atoms with E-state index in [0.717, 1.165) is 41.0 Å². The predicted octanol–water partition coefficient (Wildman–Crippen LogP) is 4.71. The van der Waals surface area contributed by atoms with Crippen molar-refractivity contribution in [2.24, 2.45) is 0 Å². The second-order valence-electron chi connectivity index (χ2n) is 5.70. The molecule has 1 aliphatic rings. The van der Waals surface area contributed by atoms with Gasteiger partial charge in [-0.3, -0.25) is 4.79 Å². The van der Waals surface area contributed by atoms with E-state index < -0.39 is 0 Å². The van der Waals surface area contributed by atoms with Gasteiger partial charge in [0.15, 0.2) is 5.78 Å². The van der Waals surface area contributed by atoms with E-state index in [4.69, 9.17) is 16.7 Å². The lowest BCUT2D eigenvalue weighted by molar-refractivity contribution is 0.0973. The number of nitrogens with zero attached hydrogens (tertiary/aromatic N) is 2. The number of aryl methyl sites for hydroxylation is 1. The topological polar surface area (TPSA) is 34.9 Å². The van der Waals surface area contributed by atoms with Gasteiger partial charge in [0.25, 0.3) is 0 Å². The quantitative estimate of drug-likeness (QED) is 0.684. The predicted molar refractivity (Wildman–Crippen MR) is 91.3 cm³/mol. The molecular formula is C19H15ClN2O. The summed E-state index contributed by atoms with van der Waals surface area (Å²) in [5.74, 6) is 0.179. The fourth-order valence-electron chi connectivity index (χ4n) is 3.10. The second kappa shape index (κ2) is 5.67. The smallest absolute Gasteiger partial charge is 0.166 e. The molecule has 0 N–H and O–H groups in total. The third-order valence-corrected chi connectivity index (χ3v) is 4.42. The summed E-state index contributed by atoms with van der Waals surface area (Å²) >= 11 is 6.01. The molecule has 1 heterocycles. The molecule has 0 spiro atoms. The van der Waals surface area contributed by atoms with Crippen LogP contribution in [0.5, 0.6) is 0 Å². The summed E-state index contributed by atoms with van der Waals surface area (Å²) < 4.78 is 1.89. The zero-order chi connectivity index (χ0) is 15.8. The van der Waals surface area contributed by atoms with E-state index in [-0.39, 0.29) is 5.78 Å². The highest BCUT2D eigenvalue weighted by Crippen LogP contribution is 2.34. The number of hydrogen-bond donors (Lipinski definition) is 0. The van der Waals surface area contributed by atoms with Crippen molar-refractivity contribution in [1.29, 1.82) is 0 Å². The Morgan fingerprint density at radius 3 is 2.43 bits per heavy atom. The molecule has 114 valence electrons. The molecule has 0 fully saturated rings. The number of para-hydroxylation sites is 1. The van der Waals surface area contributed by atoms with Crippen LogP contribution in [-0.4, -0.2) is 15.6 Å². The summed E-state index contributed by atoms with van der Waals surface area (Å²) in [5.41, 5.74) is 4.45. The van der Waals surface area contributed by atoms with Gasteiger partial charge in [-0.05, 0) is 37.1 Å². The van der Waals surface area contributed by atoms with Crippen LogP contribution in [0.15, 0.2) is 54.6 Å². The SMILES string of the molecule is O=C1CCCc2nn(-c3ccccc3)c(-c3ccc(Cl)cc3)c21. The Hall–Kier alpha value is -2.39. The maximum absolute atomic E-state index is 12.5. The van der Waals surface area contributed by atoms with E-state index in [1.807, 2.05) is 59.3 Å². The van der Waals surface area contributed by atoms with E-state index in [9.17, 15) is 4.79 Å². The molecule has 0 saturated carbocycles. The minimum Gasteiger partial charge on any atom is -0.294 e. The van der Waals surface area contributed by atoms with Crippen LogP contribution in [0.1, 0.15) is 28.9 Å². The summed E-state index contributed by atoms with van der Waals surface area (Å²) in [6, 6.07) is 17.5. The lowest BCUT2D eigenvalue weighted by Gasteiger charge is -2.12. The van der Waals surface area contributed by atoms with Gasteiger partial charge in [-0.1, -0.05) is 41.9 Å². The summed E-state index contributed by atoms with van der Waals surface area (Å²) in [6.07, 6.45) is 2.31. The molecule has 0 aliphatic heterocycles. The minimum atomic E-state index is 0.179. The molecule has 0 saturated heterocycles. The van der Waals surface area contributed by atoms with Crippen molar-refractivity contribution in [3.63, 3.8) is 0 Å². The van der Waals surface area contributed by atoms with Crippen molar-refractivity contribution < 1.29 is 4.79 Å². The van der Waals surface area contributed by atoms with Crippen LogP contribution in [0.2, 0.25) is 5.02 Å². The maximum Gasteiger partial charge on any atom is 0.166 e. The van der Waals surface area contributed by atoms with Crippen molar-refractivity contribution in [2.75, 3.05) is 0 Å². The molecule has 2 aromatic carbocycles. The van der Waals surface area contributed by atoms with E-state index in [1.165, 1.54) is 0 Å². The van der Waals surface area contributed by atoms with E-state index >= 15 is 0 Å². The summed E-state index contributed by atoms with van der Waals surface area (Å²) in [7, 11) is 0. The second-order valence-corrected chi connectivity index (χ2v) is 6.14. The Balaban J connectivity index is 1.99. The summed E-state index contributed by atoms with van der Waals surface area (Å²) in [6.45, 7) is 0. The zero-order valence-electron chi connectivity index (χ0n) is 12.5. The van der Waals surface area contributed by atoms with Gasteiger partial charge in [0.2, 0.25) is 0 Å². The number of halogens is 1. The van der Waals surface area contributed by atoms with E-state index in [0.29, 0.717) is 11.4 Å². The third kappa shape index (κ3) is 2.47. The average molecular weight is 323 g/mol. The molecular weight excluding hydrogens is 308 g/mol. The number of benzene rings is 2. The fraction of sp³-hybridized carbons (Fsp3) is 0.158. The number of carbonyl (C=O) groups excluding carboxylic acids is 1.